The number of benzene rings is 1. The Balaban J connectivity index is 2.46. The summed E-state index contributed by atoms with van der Waals surface area (Å²) in [7, 11) is 0. The summed E-state index contributed by atoms with van der Waals surface area (Å²) in [6, 6.07) is 8.03. The molecule has 0 radical (unpaired) electrons. The van der Waals surface area contributed by atoms with Crippen LogP contribution in [0.1, 0.15) is 25.8 Å². The van der Waals surface area contributed by atoms with Crippen LogP contribution >= 0.6 is 0 Å². The molecule has 0 amide bonds. The number of nitrogens with one attached hydrogen (secondary N) is 1. The van der Waals surface area contributed by atoms with Crippen molar-refractivity contribution in [2.45, 2.75) is 20.3 Å². The predicted molar refractivity (Wildman–Crippen MR) is 66.1 cm³/mol. The lowest BCUT2D eigenvalue weighted by atomic mass is 10.00. The molecule has 0 aliphatic rings. The highest BCUT2D eigenvalue weighted by Gasteiger charge is 2.11. The number of H-pyrrole nitrogens is 1. The highest BCUT2D eigenvalue weighted by atomic mass is 16.4. The number of para-hydroxylation sites is 1. The van der Waals surface area contributed by atoms with E-state index in [-0.39, 0.29) is 0 Å². The average Bonchev–Trinajstić information content (AvgIpc) is 2.69. The Kier molecular flexibility index (Phi) is 2.95. The Morgan fingerprint density at radius 3 is 2.81 bits per heavy atom. The molecular formula is C13H16N2O. The van der Waals surface area contributed by atoms with Crippen molar-refractivity contribution >= 4 is 16.6 Å². The molecule has 0 aliphatic carbocycles. The number of aromatic nitrogens is 1. The highest BCUT2D eigenvalue weighted by Crippen LogP contribution is 2.21. The minimum atomic E-state index is 0.472. The van der Waals surface area contributed by atoms with E-state index in [1.165, 1.54) is 0 Å². The van der Waals surface area contributed by atoms with Gasteiger partial charge in [0.1, 0.15) is 0 Å². The number of nitrogens with zero attached hydrogens (tertiary/aromatic N) is 1. The monoisotopic (exact) mass is 216 g/mol. The van der Waals surface area contributed by atoms with Gasteiger partial charge < -0.3 is 10.2 Å². The lowest BCUT2D eigenvalue weighted by molar-refractivity contribution is 0.317. The normalized spacial score (nSPS) is 12.6. The number of hydrogen-bond acceptors (Lipinski definition) is 2. The van der Waals surface area contributed by atoms with Crippen molar-refractivity contribution in [1.82, 2.24) is 4.98 Å². The minimum Gasteiger partial charge on any atom is -0.411 e. The summed E-state index contributed by atoms with van der Waals surface area (Å²) in [4.78, 5) is 3.18. The standard InChI is InChI=1S/C13H16N2O/c1-9(2)7-13(15-16)11-8-14-12-6-4-3-5-10(11)12/h3-6,8-9,14,16H,7H2,1-2H3/b15-13-. The summed E-state index contributed by atoms with van der Waals surface area (Å²) < 4.78 is 0. The molecule has 0 unspecified atom stereocenters. The van der Waals surface area contributed by atoms with Gasteiger partial charge in [-0.3, -0.25) is 0 Å². The third-order valence-corrected chi connectivity index (χ3v) is 2.62. The van der Waals surface area contributed by atoms with Crippen LogP contribution in [0.5, 0.6) is 0 Å². The number of aromatic amines is 1. The molecule has 2 N–H and O–H groups in total. The smallest absolute Gasteiger partial charge is 0.0891 e. The van der Waals surface area contributed by atoms with Gasteiger partial charge in [-0.05, 0) is 18.4 Å². The van der Waals surface area contributed by atoms with Gasteiger partial charge in [0.15, 0.2) is 0 Å². The van der Waals surface area contributed by atoms with Gasteiger partial charge in [-0.2, -0.15) is 0 Å². The number of hydrogen-bond donors (Lipinski definition) is 2. The van der Waals surface area contributed by atoms with E-state index in [0.29, 0.717) is 5.92 Å². The van der Waals surface area contributed by atoms with Crippen molar-refractivity contribution in [2.24, 2.45) is 11.1 Å². The van der Waals surface area contributed by atoms with Crippen LogP contribution in [0.3, 0.4) is 0 Å². The van der Waals surface area contributed by atoms with Gasteiger partial charge >= 0.3 is 0 Å². The van der Waals surface area contributed by atoms with Crippen molar-refractivity contribution in [1.29, 1.82) is 0 Å². The molecule has 1 aromatic heterocycles. The van der Waals surface area contributed by atoms with Gasteiger partial charge in [-0.1, -0.05) is 37.2 Å². The zero-order valence-electron chi connectivity index (χ0n) is 9.57. The Morgan fingerprint density at radius 2 is 2.12 bits per heavy atom. The Labute approximate surface area is 94.8 Å². The van der Waals surface area contributed by atoms with Gasteiger partial charge in [0.2, 0.25) is 0 Å². The summed E-state index contributed by atoms with van der Waals surface area (Å²) >= 11 is 0. The summed E-state index contributed by atoms with van der Waals surface area (Å²) in [5, 5.41) is 13.6. The van der Waals surface area contributed by atoms with Crippen LogP contribution in [-0.4, -0.2) is 15.9 Å². The van der Waals surface area contributed by atoms with E-state index in [1.54, 1.807) is 0 Å². The van der Waals surface area contributed by atoms with Crippen LogP contribution in [0.25, 0.3) is 10.9 Å². The molecule has 0 saturated heterocycles. The number of fused-ring (bicyclic) bond motifs is 1. The lowest BCUT2D eigenvalue weighted by Gasteiger charge is -2.05. The Bertz CT molecular complexity index is 511. The maximum atomic E-state index is 9.08. The summed E-state index contributed by atoms with van der Waals surface area (Å²) in [5.74, 6) is 0.472. The van der Waals surface area contributed by atoms with E-state index in [0.717, 1.165) is 28.6 Å². The van der Waals surface area contributed by atoms with Crippen molar-refractivity contribution in [3.05, 3.63) is 36.0 Å². The highest BCUT2D eigenvalue weighted by molar-refractivity contribution is 6.10. The van der Waals surface area contributed by atoms with Crippen molar-refractivity contribution in [2.75, 3.05) is 0 Å². The first-order valence-electron chi connectivity index (χ1n) is 5.49. The van der Waals surface area contributed by atoms with Gasteiger partial charge in [0.05, 0.1) is 5.71 Å². The van der Waals surface area contributed by atoms with Crippen LogP contribution in [0.2, 0.25) is 0 Å². The average molecular weight is 216 g/mol. The van der Waals surface area contributed by atoms with Crippen LogP contribution in [0.15, 0.2) is 35.6 Å². The second kappa shape index (κ2) is 4.39. The van der Waals surface area contributed by atoms with Crippen LogP contribution < -0.4 is 0 Å². The lowest BCUT2D eigenvalue weighted by Crippen LogP contribution is -2.04. The first-order chi connectivity index (χ1) is 7.72. The zero-order valence-corrected chi connectivity index (χ0v) is 9.57. The maximum Gasteiger partial charge on any atom is 0.0891 e. The first-order valence-corrected chi connectivity index (χ1v) is 5.49. The Hall–Kier alpha value is -1.77. The second-order valence-corrected chi connectivity index (χ2v) is 4.39. The molecule has 2 aromatic rings. The molecule has 0 bridgehead atoms. The van der Waals surface area contributed by atoms with Gasteiger partial charge in [0.25, 0.3) is 0 Å². The molecule has 0 saturated carbocycles. The SMILES string of the molecule is CC(C)C/C(=N/O)c1c[nH]c2ccccc12. The summed E-state index contributed by atoms with van der Waals surface area (Å²) in [6.45, 7) is 4.22. The number of oxime groups is 1. The molecule has 16 heavy (non-hydrogen) atoms. The minimum absolute atomic E-state index is 0.472. The van der Waals surface area contributed by atoms with Crippen molar-refractivity contribution in [3.8, 4) is 0 Å². The van der Waals surface area contributed by atoms with Gasteiger partial charge in [0, 0.05) is 22.7 Å². The third-order valence-electron chi connectivity index (χ3n) is 2.62. The molecule has 0 spiro atoms. The summed E-state index contributed by atoms with van der Waals surface area (Å²) in [5.41, 5.74) is 2.81. The van der Waals surface area contributed by atoms with Crippen LogP contribution in [0.4, 0.5) is 0 Å². The molecule has 0 fully saturated rings. The molecule has 0 atom stereocenters. The predicted octanol–water partition coefficient (Wildman–Crippen LogP) is 3.39. The molecule has 0 aliphatic heterocycles. The van der Waals surface area contributed by atoms with Crippen molar-refractivity contribution in [3.63, 3.8) is 0 Å². The topological polar surface area (TPSA) is 48.4 Å². The first kappa shape index (κ1) is 10.7. The van der Waals surface area contributed by atoms with Crippen molar-refractivity contribution < 1.29 is 5.21 Å². The quantitative estimate of drug-likeness (QED) is 0.461. The molecular weight excluding hydrogens is 200 g/mol. The van der Waals surface area contributed by atoms with E-state index >= 15 is 0 Å². The summed E-state index contributed by atoms with van der Waals surface area (Å²) in [6.07, 6.45) is 2.68. The van der Waals surface area contributed by atoms with E-state index in [4.69, 9.17) is 5.21 Å². The third kappa shape index (κ3) is 1.94. The van der Waals surface area contributed by atoms with Gasteiger partial charge in [-0.15, -0.1) is 0 Å². The largest absolute Gasteiger partial charge is 0.411 e. The molecule has 1 aromatic carbocycles. The van der Waals surface area contributed by atoms with Crippen LogP contribution in [-0.2, 0) is 0 Å². The number of rotatable bonds is 3. The fraction of sp³-hybridized carbons (Fsp3) is 0.308. The molecule has 2 rings (SSSR count). The van der Waals surface area contributed by atoms with E-state index in [2.05, 4.69) is 24.0 Å². The molecule has 84 valence electrons. The van der Waals surface area contributed by atoms with E-state index in [1.807, 2.05) is 30.5 Å². The van der Waals surface area contributed by atoms with E-state index in [9.17, 15) is 0 Å². The van der Waals surface area contributed by atoms with Crippen LogP contribution in [0, 0.1) is 5.92 Å². The molecule has 3 nitrogen and oxygen atoms in total. The fourth-order valence-corrected chi connectivity index (χ4v) is 1.90. The fourth-order valence-electron chi connectivity index (χ4n) is 1.90. The second-order valence-electron chi connectivity index (χ2n) is 4.39. The molecule has 1 heterocycles. The Morgan fingerprint density at radius 1 is 1.38 bits per heavy atom. The zero-order chi connectivity index (χ0) is 11.5. The maximum absolute atomic E-state index is 9.08. The van der Waals surface area contributed by atoms with Gasteiger partial charge in [-0.25, -0.2) is 0 Å². The molecule has 3 heteroatoms. The van der Waals surface area contributed by atoms with E-state index < -0.39 is 0 Å².